The molecule has 0 saturated heterocycles. The van der Waals surface area contributed by atoms with Crippen molar-refractivity contribution in [3.63, 3.8) is 0 Å². The molecule has 4 aromatic rings. The predicted octanol–water partition coefficient (Wildman–Crippen LogP) is 6.58. The molecule has 2 atom stereocenters. The Bertz CT molecular complexity index is 1410. The van der Waals surface area contributed by atoms with E-state index in [0.717, 1.165) is 23.2 Å². The molecular weight excluding hydrogens is 493 g/mol. The van der Waals surface area contributed by atoms with Crippen LogP contribution in [0.3, 0.4) is 0 Å². The van der Waals surface area contributed by atoms with Crippen LogP contribution in [-0.4, -0.2) is 23.2 Å². The number of carboxylic acid groups (broad SMARTS) is 1. The molecule has 1 saturated carbocycles. The summed E-state index contributed by atoms with van der Waals surface area (Å²) < 4.78 is 31.7. The monoisotopic (exact) mass is 518 g/mol. The molecule has 0 aromatic heterocycles. The quantitative estimate of drug-likeness (QED) is 0.278. The van der Waals surface area contributed by atoms with Crippen molar-refractivity contribution in [2.45, 2.75) is 24.1 Å². The van der Waals surface area contributed by atoms with E-state index in [1.165, 1.54) is 11.1 Å². The van der Waals surface area contributed by atoms with Gasteiger partial charge in [0.1, 0.15) is 0 Å². The zero-order valence-corrected chi connectivity index (χ0v) is 20.2. The molecule has 194 valence electrons. The first kappa shape index (κ1) is 26.6. The van der Waals surface area contributed by atoms with Crippen LogP contribution in [0.4, 0.5) is 18.9 Å². The number of hydrogen-bond donors (Lipinski definition) is 3. The summed E-state index contributed by atoms with van der Waals surface area (Å²) >= 11 is 0. The van der Waals surface area contributed by atoms with Crippen molar-refractivity contribution in [3.8, 4) is 11.1 Å². The second-order valence-corrected chi connectivity index (χ2v) is 8.99. The van der Waals surface area contributed by atoms with E-state index < -0.39 is 12.1 Å². The molecule has 4 aromatic carbocycles. The number of nitrogens with two attached hydrogens (primary N) is 1. The molecule has 5 rings (SSSR count). The maximum atomic E-state index is 12.8. The Balaban J connectivity index is 0.000000426. The fourth-order valence-corrected chi connectivity index (χ4v) is 4.23. The topological polar surface area (TPSA) is 92.4 Å². The molecule has 0 spiro atoms. The summed E-state index contributed by atoms with van der Waals surface area (Å²) in [5.41, 5.74) is 12.3. The number of carbonyl (C=O) groups is 2. The van der Waals surface area contributed by atoms with Crippen molar-refractivity contribution in [1.82, 2.24) is 0 Å². The Hall–Kier alpha value is -4.43. The molecule has 4 N–H and O–H groups in total. The second-order valence-electron chi connectivity index (χ2n) is 8.99. The highest BCUT2D eigenvalue weighted by atomic mass is 19.4. The van der Waals surface area contributed by atoms with Gasteiger partial charge in [-0.1, -0.05) is 84.9 Å². The maximum absolute atomic E-state index is 12.8. The minimum Gasteiger partial charge on any atom is -0.475 e. The van der Waals surface area contributed by atoms with Gasteiger partial charge in [-0.15, -0.1) is 0 Å². The van der Waals surface area contributed by atoms with Gasteiger partial charge in [0.15, 0.2) is 0 Å². The van der Waals surface area contributed by atoms with Gasteiger partial charge < -0.3 is 16.2 Å². The number of amides is 1. The van der Waals surface area contributed by atoms with Gasteiger partial charge in [0.2, 0.25) is 0 Å². The summed E-state index contributed by atoms with van der Waals surface area (Å²) in [5.74, 6) is -2.57. The molecule has 0 unspecified atom stereocenters. The van der Waals surface area contributed by atoms with Crippen LogP contribution in [0.2, 0.25) is 0 Å². The first-order valence-electron chi connectivity index (χ1n) is 11.8. The molecule has 38 heavy (non-hydrogen) atoms. The van der Waals surface area contributed by atoms with E-state index in [2.05, 4.69) is 29.6 Å². The van der Waals surface area contributed by atoms with E-state index in [1.54, 1.807) is 0 Å². The van der Waals surface area contributed by atoms with Crippen LogP contribution in [0, 0.1) is 0 Å². The fourth-order valence-electron chi connectivity index (χ4n) is 4.23. The van der Waals surface area contributed by atoms with Crippen LogP contribution in [0.15, 0.2) is 109 Å². The molecule has 1 amide bonds. The number of carboxylic acids is 1. The van der Waals surface area contributed by atoms with E-state index in [9.17, 15) is 18.0 Å². The third kappa shape index (κ3) is 6.27. The lowest BCUT2D eigenvalue weighted by molar-refractivity contribution is -0.192. The minimum atomic E-state index is -5.08. The second kappa shape index (κ2) is 10.9. The van der Waals surface area contributed by atoms with E-state index in [1.807, 2.05) is 84.9 Å². The predicted molar refractivity (Wildman–Crippen MR) is 140 cm³/mol. The van der Waals surface area contributed by atoms with Crippen LogP contribution >= 0.6 is 0 Å². The highest BCUT2D eigenvalue weighted by Gasteiger charge is 2.52. The molecule has 1 fully saturated rings. The number of nitrogens with one attached hydrogen (secondary N) is 1. The van der Waals surface area contributed by atoms with Gasteiger partial charge in [-0.3, -0.25) is 4.79 Å². The van der Waals surface area contributed by atoms with E-state index in [-0.39, 0.29) is 11.4 Å². The lowest BCUT2D eigenvalue weighted by Gasteiger charge is -2.13. The number of halogens is 3. The van der Waals surface area contributed by atoms with Crippen LogP contribution < -0.4 is 11.1 Å². The highest BCUT2D eigenvalue weighted by Crippen LogP contribution is 2.56. The van der Waals surface area contributed by atoms with Gasteiger partial charge in [0.25, 0.3) is 5.91 Å². The molecule has 0 radical (unpaired) electrons. The molecule has 5 nitrogen and oxygen atoms in total. The van der Waals surface area contributed by atoms with Crippen molar-refractivity contribution in [1.29, 1.82) is 0 Å². The van der Waals surface area contributed by atoms with Gasteiger partial charge in [0.05, 0.1) is 0 Å². The van der Waals surface area contributed by atoms with Crippen molar-refractivity contribution in [2.75, 3.05) is 5.32 Å². The smallest absolute Gasteiger partial charge is 0.475 e. The van der Waals surface area contributed by atoms with Gasteiger partial charge in [0, 0.05) is 22.7 Å². The number of alkyl halides is 3. The molecule has 0 bridgehead atoms. The Morgan fingerprint density at radius 3 is 1.95 bits per heavy atom. The Labute approximate surface area is 217 Å². The normalized spacial score (nSPS) is 18.1. The maximum Gasteiger partial charge on any atom is 0.490 e. The molecule has 8 heteroatoms. The number of rotatable bonds is 5. The molecular formula is C30H25F3N2O3. The standard InChI is InChI=1S/C28H24N2O.C2HF3O2/c29-28(24-12-5-2-6-13-24)19-26(28)21-14-16-25(17-15-21)30-27(31)23-11-7-10-22(18-23)20-8-3-1-4-9-20;3-2(4,5)1(6)7/h1-18,26H,19,29H2,(H,30,31);(H,6,7)/t26-,28+;/m0./s1. The van der Waals surface area contributed by atoms with E-state index in [0.29, 0.717) is 11.5 Å². The highest BCUT2D eigenvalue weighted by molar-refractivity contribution is 6.05. The molecule has 0 heterocycles. The number of benzene rings is 4. The van der Waals surface area contributed by atoms with Crippen molar-refractivity contribution in [2.24, 2.45) is 5.73 Å². The summed E-state index contributed by atoms with van der Waals surface area (Å²) in [6.07, 6.45) is -4.14. The van der Waals surface area contributed by atoms with Crippen LogP contribution in [-0.2, 0) is 10.3 Å². The van der Waals surface area contributed by atoms with Gasteiger partial charge in [-0.25, -0.2) is 4.79 Å². The summed E-state index contributed by atoms with van der Waals surface area (Å²) in [6.45, 7) is 0. The lowest BCUT2D eigenvalue weighted by atomic mass is 9.99. The Morgan fingerprint density at radius 1 is 0.816 bits per heavy atom. The van der Waals surface area contributed by atoms with Crippen molar-refractivity contribution >= 4 is 17.6 Å². The number of carbonyl (C=O) groups excluding carboxylic acids is 1. The van der Waals surface area contributed by atoms with Gasteiger partial charge >= 0.3 is 12.1 Å². The zero-order chi connectivity index (χ0) is 27.3. The molecule has 1 aliphatic carbocycles. The third-order valence-corrected chi connectivity index (χ3v) is 6.36. The summed E-state index contributed by atoms with van der Waals surface area (Å²) in [6, 6.07) is 36.1. The zero-order valence-electron chi connectivity index (χ0n) is 20.2. The van der Waals surface area contributed by atoms with E-state index >= 15 is 0 Å². The summed E-state index contributed by atoms with van der Waals surface area (Å²) in [5, 5.41) is 10.1. The first-order chi connectivity index (χ1) is 18.1. The number of hydrogen-bond acceptors (Lipinski definition) is 3. The molecule has 0 aliphatic heterocycles. The van der Waals surface area contributed by atoms with Crippen LogP contribution in [0.5, 0.6) is 0 Å². The average molecular weight is 519 g/mol. The Morgan fingerprint density at radius 2 is 1.37 bits per heavy atom. The number of aliphatic carboxylic acids is 1. The lowest BCUT2D eigenvalue weighted by Crippen LogP contribution is -2.21. The van der Waals surface area contributed by atoms with Gasteiger partial charge in [-0.05, 0) is 52.9 Å². The summed E-state index contributed by atoms with van der Waals surface area (Å²) in [7, 11) is 0. The van der Waals surface area contributed by atoms with Gasteiger partial charge in [-0.2, -0.15) is 13.2 Å². The minimum absolute atomic E-state index is 0.116. The number of anilines is 1. The Kier molecular flexibility index (Phi) is 7.64. The van der Waals surface area contributed by atoms with E-state index in [4.69, 9.17) is 15.6 Å². The van der Waals surface area contributed by atoms with Crippen molar-refractivity contribution in [3.05, 3.63) is 126 Å². The third-order valence-electron chi connectivity index (χ3n) is 6.36. The SMILES string of the molecule is N[C@@]1(c2ccccc2)C[C@H]1c1ccc(NC(=O)c2cccc(-c3ccccc3)c2)cc1.O=C(O)C(F)(F)F. The van der Waals surface area contributed by atoms with Crippen LogP contribution in [0.25, 0.3) is 11.1 Å². The van der Waals surface area contributed by atoms with Crippen molar-refractivity contribution < 1.29 is 27.9 Å². The average Bonchev–Trinajstić information content (AvgIpc) is 3.62. The first-order valence-corrected chi connectivity index (χ1v) is 11.8. The largest absolute Gasteiger partial charge is 0.490 e. The molecule has 1 aliphatic rings. The fraction of sp³-hybridized carbons (Fsp3) is 0.133. The summed E-state index contributed by atoms with van der Waals surface area (Å²) in [4.78, 5) is 21.7. The van der Waals surface area contributed by atoms with Crippen LogP contribution in [0.1, 0.15) is 33.8 Å².